The van der Waals surface area contributed by atoms with Crippen LogP contribution in [0.2, 0.25) is 0 Å². The van der Waals surface area contributed by atoms with Crippen molar-refractivity contribution in [3.05, 3.63) is 46.7 Å². The summed E-state index contributed by atoms with van der Waals surface area (Å²) < 4.78 is 0. The van der Waals surface area contributed by atoms with Crippen LogP contribution in [0.1, 0.15) is 93.4 Å². The first kappa shape index (κ1) is 24.0. The predicted octanol–water partition coefficient (Wildman–Crippen LogP) is 6.19. The number of nitrogens with zero attached hydrogens (tertiary/aromatic N) is 1. The Hall–Kier alpha value is -1.73. The van der Waals surface area contributed by atoms with Gasteiger partial charge < -0.3 is 10.5 Å². The van der Waals surface area contributed by atoms with Gasteiger partial charge in [0.1, 0.15) is 0 Å². The largest absolute Gasteiger partial charge is 0.325 e. The quantitative estimate of drug-likeness (QED) is 0.439. The van der Waals surface area contributed by atoms with Crippen molar-refractivity contribution < 1.29 is 9.59 Å². The van der Waals surface area contributed by atoms with Gasteiger partial charge >= 0.3 is 0 Å². The molecule has 0 saturated heterocycles. The molecule has 0 bridgehead atoms. The number of carbonyl (C=O) groups excluding carboxylic acids is 2. The topological polar surface area (TPSA) is 64.5 Å². The molecule has 4 nitrogen and oxygen atoms in total. The molecule has 0 aromatic heterocycles. The Bertz CT molecular complexity index is 1090. The van der Waals surface area contributed by atoms with E-state index >= 15 is 0 Å². The molecule has 2 N–H and O–H groups in total. The van der Waals surface area contributed by atoms with Gasteiger partial charge in [0.05, 0.1) is 12.5 Å². The van der Waals surface area contributed by atoms with E-state index < -0.39 is 10.8 Å². The van der Waals surface area contributed by atoms with Crippen molar-refractivity contribution in [3.63, 3.8) is 0 Å². The van der Waals surface area contributed by atoms with Crippen molar-refractivity contribution in [1.29, 1.82) is 0 Å². The fraction of sp³-hybridized carbons (Fsp3) is 0.700. The van der Waals surface area contributed by atoms with Gasteiger partial charge in [-0.15, -0.1) is 0 Å². The molecule has 3 fully saturated rings. The van der Waals surface area contributed by atoms with Crippen LogP contribution in [-0.4, -0.2) is 17.1 Å². The second-order valence-electron chi connectivity index (χ2n) is 14.0. The molecule has 0 unspecified atom stereocenters. The molecule has 0 spiro atoms. The van der Waals surface area contributed by atoms with E-state index in [0.29, 0.717) is 0 Å². The van der Waals surface area contributed by atoms with Crippen molar-refractivity contribution in [2.45, 2.75) is 99.0 Å². The lowest BCUT2D eigenvalue weighted by Gasteiger charge is -2.68. The van der Waals surface area contributed by atoms with E-state index in [1.807, 2.05) is 26.0 Å². The van der Waals surface area contributed by atoms with Crippen LogP contribution >= 0.6 is 0 Å². The van der Waals surface area contributed by atoms with E-state index in [2.05, 4.69) is 39.5 Å². The first-order valence-electron chi connectivity index (χ1n) is 13.0. The molecular formula is C30H40N2O2. The van der Waals surface area contributed by atoms with E-state index in [9.17, 15) is 9.59 Å². The molecule has 182 valence electrons. The van der Waals surface area contributed by atoms with E-state index in [1.165, 1.54) is 5.92 Å². The summed E-state index contributed by atoms with van der Waals surface area (Å²) in [6.45, 7) is 23.1. The van der Waals surface area contributed by atoms with Crippen LogP contribution in [0.4, 0.5) is 0 Å². The van der Waals surface area contributed by atoms with Crippen molar-refractivity contribution in [2.75, 3.05) is 0 Å². The van der Waals surface area contributed by atoms with Gasteiger partial charge in [0.2, 0.25) is 5.70 Å². The molecule has 5 aliphatic rings. The molecule has 5 atom stereocenters. The molecule has 0 amide bonds. The lowest BCUT2D eigenvalue weighted by molar-refractivity contribution is -0.133. The van der Waals surface area contributed by atoms with Crippen LogP contribution in [0.25, 0.3) is 4.85 Å². The zero-order valence-corrected chi connectivity index (χ0v) is 22.0. The van der Waals surface area contributed by atoms with E-state index in [0.717, 1.165) is 56.4 Å². The summed E-state index contributed by atoms with van der Waals surface area (Å²) in [5.74, 6) is 2.34. The van der Waals surface area contributed by atoms with Crippen LogP contribution in [0.3, 0.4) is 0 Å². The van der Waals surface area contributed by atoms with Crippen molar-refractivity contribution in [3.8, 4) is 0 Å². The highest BCUT2D eigenvalue weighted by Gasteiger charge is 2.69. The summed E-state index contributed by atoms with van der Waals surface area (Å²) in [6, 6.07) is 0. The SMILES string of the molecule is [C-]#[N+]C1=C[C@]2(C)C3=CC(=O)[C]4[C]5CC(C)(C)CC[C@]5(N)CC[C@@]4(C)[C@]3(C)CC[C@H]2C(C)(C)C1=O. The highest BCUT2D eigenvalue weighted by molar-refractivity contribution is 6.08. The standard InChI is InChI=1S/C30H40N2O2/c1-25(2)11-13-30(31)14-12-29(7)23(18(30)16-25)20(33)15-22-27(5)17-19(32-8)24(34)26(3,4)21(27)9-10-28(22,29)6/h15,17,21H,9-14,16,31H2,1-7H3/t21-,27-,28+,29+,30-/m0/s1. The third-order valence-electron chi connectivity index (χ3n) is 11.2. The molecular weight excluding hydrogens is 420 g/mol. The molecule has 0 heterocycles. The number of Topliss-reactive ketones (excluding diaryl/α,β-unsaturated/α-hetero) is 1. The third-order valence-corrected chi connectivity index (χ3v) is 11.2. The Balaban J connectivity index is 1.69. The lowest BCUT2D eigenvalue weighted by Crippen LogP contribution is -2.66. The number of carbonyl (C=O) groups is 2. The molecule has 3 saturated carbocycles. The Labute approximate surface area is 205 Å². The number of hydrogen-bond acceptors (Lipinski definition) is 3. The number of allylic oxidation sites excluding steroid dienone is 4. The molecule has 0 aliphatic heterocycles. The second kappa shape index (κ2) is 6.73. The predicted molar refractivity (Wildman–Crippen MR) is 134 cm³/mol. The second-order valence-corrected chi connectivity index (χ2v) is 14.0. The molecule has 2 radical (unpaired) electrons. The fourth-order valence-electron chi connectivity index (χ4n) is 8.92. The molecule has 34 heavy (non-hydrogen) atoms. The summed E-state index contributed by atoms with van der Waals surface area (Å²) >= 11 is 0. The highest BCUT2D eigenvalue weighted by Crippen LogP contribution is 2.74. The van der Waals surface area contributed by atoms with E-state index in [4.69, 9.17) is 12.3 Å². The molecule has 0 aromatic rings. The van der Waals surface area contributed by atoms with E-state index in [1.54, 1.807) is 0 Å². The van der Waals surface area contributed by atoms with Gasteiger partial charge in [-0.1, -0.05) is 60.1 Å². The number of hydrogen-bond donors (Lipinski definition) is 1. The Morgan fingerprint density at radius 2 is 1.59 bits per heavy atom. The van der Waals surface area contributed by atoms with Gasteiger partial charge in [0.25, 0.3) is 0 Å². The first-order valence-corrected chi connectivity index (χ1v) is 13.0. The first-order chi connectivity index (χ1) is 15.6. The van der Waals surface area contributed by atoms with Crippen LogP contribution in [0.5, 0.6) is 0 Å². The number of fused-ring (bicyclic) bond motifs is 7. The maximum Gasteiger partial charge on any atom is 0.226 e. The summed E-state index contributed by atoms with van der Waals surface area (Å²) in [5, 5.41) is 0. The minimum absolute atomic E-state index is 0.0552. The lowest BCUT2D eigenvalue weighted by atomic mass is 9.35. The minimum Gasteiger partial charge on any atom is -0.325 e. The highest BCUT2D eigenvalue weighted by atomic mass is 16.1. The maximum atomic E-state index is 14.1. The summed E-state index contributed by atoms with van der Waals surface area (Å²) in [7, 11) is 0. The van der Waals surface area contributed by atoms with Gasteiger partial charge in [-0.3, -0.25) is 4.79 Å². The third kappa shape index (κ3) is 2.74. The number of rotatable bonds is 0. The van der Waals surface area contributed by atoms with Crippen LogP contribution < -0.4 is 5.73 Å². The maximum absolute atomic E-state index is 14.1. The van der Waals surface area contributed by atoms with Gasteiger partial charge in [-0.25, -0.2) is 4.85 Å². The number of nitrogens with two attached hydrogens (primary N) is 1. The summed E-state index contributed by atoms with van der Waals surface area (Å²) in [6.07, 6.45) is 10.4. The molecule has 4 heteroatoms. The van der Waals surface area contributed by atoms with Crippen molar-refractivity contribution in [2.24, 2.45) is 38.7 Å². The Kier molecular flexibility index (Phi) is 4.74. The summed E-state index contributed by atoms with van der Waals surface area (Å²) in [5.41, 5.74) is 6.58. The Morgan fingerprint density at radius 1 is 0.941 bits per heavy atom. The van der Waals surface area contributed by atoms with Crippen LogP contribution in [0, 0.1) is 51.4 Å². The minimum atomic E-state index is -0.624. The number of ketones is 2. The average Bonchev–Trinajstić information content (AvgIpc) is 2.74. The van der Waals surface area contributed by atoms with Crippen molar-refractivity contribution in [1.82, 2.24) is 0 Å². The van der Waals surface area contributed by atoms with Crippen molar-refractivity contribution >= 4 is 11.6 Å². The smallest absolute Gasteiger partial charge is 0.226 e. The van der Waals surface area contributed by atoms with Gasteiger partial charge in [0.15, 0.2) is 11.6 Å². The summed E-state index contributed by atoms with van der Waals surface area (Å²) in [4.78, 5) is 30.9. The monoisotopic (exact) mass is 460 g/mol. The van der Waals surface area contributed by atoms with Gasteiger partial charge in [0, 0.05) is 22.3 Å². The zero-order valence-electron chi connectivity index (χ0n) is 22.0. The van der Waals surface area contributed by atoms with Crippen LogP contribution in [0.15, 0.2) is 23.4 Å². The van der Waals surface area contributed by atoms with Gasteiger partial charge in [-0.2, -0.15) is 0 Å². The molecule has 0 aromatic carbocycles. The molecule has 5 rings (SSSR count). The van der Waals surface area contributed by atoms with E-state index in [-0.39, 0.29) is 45.0 Å². The van der Waals surface area contributed by atoms with Gasteiger partial charge in [-0.05, 0) is 73.2 Å². The van der Waals surface area contributed by atoms with Crippen LogP contribution in [-0.2, 0) is 9.59 Å². The Morgan fingerprint density at radius 3 is 2.24 bits per heavy atom. The average molecular weight is 461 g/mol. The molecule has 5 aliphatic carbocycles. The zero-order chi connectivity index (χ0) is 25.1. The fourth-order valence-corrected chi connectivity index (χ4v) is 8.92. The normalized spacial score (nSPS) is 45.7.